The van der Waals surface area contributed by atoms with E-state index >= 15 is 0 Å². The maximum atomic E-state index is 12.5. The predicted octanol–water partition coefficient (Wildman–Crippen LogP) is 1.67. The lowest BCUT2D eigenvalue weighted by Crippen LogP contribution is -2.39. The Kier molecular flexibility index (Phi) is 7.80. The van der Waals surface area contributed by atoms with Crippen molar-refractivity contribution in [2.45, 2.75) is 26.7 Å². The van der Waals surface area contributed by atoms with Gasteiger partial charge in [-0.05, 0) is 44.0 Å². The number of hydrogen-bond acceptors (Lipinski definition) is 6. The van der Waals surface area contributed by atoms with Gasteiger partial charge < -0.3 is 20.3 Å². The van der Waals surface area contributed by atoms with E-state index in [4.69, 9.17) is 4.74 Å². The second-order valence-corrected chi connectivity index (χ2v) is 8.25. The number of benzene rings is 1. The number of aromatic nitrogens is 2. The van der Waals surface area contributed by atoms with Crippen molar-refractivity contribution in [2.24, 2.45) is 0 Å². The maximum absolute atomic E-state index is 12.5. The van der Waals surface area contributed by atoms with Crippen LogP contribution in [-0.4, -0.2) is 54.6 Å². The second kappa shape index (κ2) is 10.5. The standard InChI is InChI=1S/C21H26BrN5O4/c1-13-11-15(22)3-5-17(13)25-19(29)12-23-18(28)6-4-16-14(2)24-21(26-20(16)30)27-7-9-31-10-8-27/h3,5,11H,4,6-10,12H2,1-2H3,(H,23,28)(H,25,29)(H,24,26,30). The lowest BCUT2D eigenvalue weighted by molar-refractivity contribution is -0.124. The van der Waals surface area contributed by atoms with E-state index in [1.54, 1.807) is 13.0 Å². The molecule has 31 heavy (non-hydrogen) atoms. The number of carbonyl (C=O) groups excluding carboxylic acids is 2. The van der Waals surface area contributed by atoms with E-state index in [-0.39, 0.29) is 36.8 Å². The normalized spacial score (nSPS) is 13.7. The van der Waals surface area contributed by atoms with Gasteiger partial charge in [-0.2, -0.15) is 0 Å². The molecule has 1 fully saturated rings. The van der Waals surface area contributed by atoms with Gasteiger partial charge >= 0.3 is 0 Å². The van der Waals surface area contributed by atoms with Crippen LogP contribution < -0.4 is 21.1 Å². The minimum absolute atomic E-state index is 0.0904. The van der Waals surface area contributed by atoms with Crippen LogP contribution in [0.1, 0.15) is 23.2 Å². The molecule has 0 unspecified atom stereocenters. The summed E-state index contributed by atoms with van der Waals surface area (Å²) in [6, 6.07) is 5.52. The molecule has 10 heteroatoms. The molecule has 9 nitrogen and oxygen atoms in total. The first-order chi connectivity index (χ1) is 14.8. The first-order valence-corrected chi connectivity index (χ1v) is 10.9. The number of anilines is 2. The van der Waals surface area contributed by atoms with E-state index in [2.05, 4.69) is 36.5 Å². The fraction of sp³-hybridized carbons (Fsp3) is 0.429. The number of morpholine rings is 1. The largest absolute Gasteiger partial charge is 0.378 e. The van der Waals surface area contributed by atoms with E-state index < -0.39 is 0 Å². The molecule has 1 saturated heterocycles. The van der Waals surface area contributed by atoms with Crippen LogP contribution in [0.5, 0.6) is 0 Å². The van der Waals surface area contributed by atoms with Gasteiger partial charge in [0.15, 0.2) is 0 Å². The lowest BCUT2D eigenvalue weighted by Gasteiger charge is -2.27. The molecule has 0 aliphatic carbocycles. The molecule has 166 valence electrons. The quantitative estimate of drug-likeness (QED) is 0.542. The maximum Gasteiger partial charge on any atom is 0.255 e. The number of aromatic amines is 1. The van der Waals surface area contributed by atoms with Crippen molar-refractivity contribution in [1.29, 1.82) is 0 Å². The highest BCUT2D eigenvalue weighted by molar-refractivity contribution is 9.10. The van der Waals surface area contributed by atoms with Crippen molar-refractivity contribution < 1.29 is 14.3 Å². The third kappa shape index (κ3) is 6.38. The SMILES string of the molecule is Cc1cc(Br)ccc1NC(=O)CNC(=O)CCc1c(C)nc(N2CCOCC2)[nH]c1=O. The van der Waals surface area contributed by atoms with Crippen LogP contribution in [-0.2, 0) is 20.7 Å². The number of amides is 2. The minimum Gasteiger partial charge on any atom is -0.378 e. The van der Waals surface area contributed by atoms with Gasteiger partial charge in [0.1, 0.15) is 0 Å². The molecule has 1 aliphatic rings. The fourth-order valence-electron chi connectivity index (χ4n) is 3.28. The van der Waals surface area contributed by atoms with E-state index in [0.717, 1.165) is 10.0 Å². The summed E-state index contributed by atoms with van der Waals surface area (Å²) >= 11 is 3.38. The second-order valence-electron chi connectivity index (χ2n) is 7.34. The summed E-state index contributed by atoms with van der Waals surface area (Å²) in [6.07, 6.45) is 0.337. The van der Waals surface area contributed by atoms with Crippen LogP contribution in [0.2, 0.25) is 0 Å². The third-order valence-electron chi connectivity index (χ3n) is 5.03. The lowest BCUT2D eigenvalue weighted by atomic mass is 10.1. The van der Waals surface area contributed by atoms with Crippen LogP contribution >= 0.6 is 15.9 Å². The summed E-state index contributed by atoms with van der Waals surface area (Å²) < 4.78 is 6.24. The third-order valence-corrected chi connectivity index (χ3v) is 5.52. The van der Waals surface area contributed by atoms with Gasteiger partial charge in [-0.1, -0.05) is 15.9 Å². The van der Waals surface area contributed by atoms with Gasteiger partial charge in [-0.3, -0.25) is 19.4 Å². The predicted molar refractivity (Wildman–Crippen MR) is 121 cm³/mol. The Hall–Kier alpha value is -2.72. The number of ether oxygens (including phenoxy) is 1. The van der Waals surface area contributed by atoms with Gasteiger partial charge in [0.2, 0.25) is 17.8 Å². The van der Waals surface area contributed by atoms with Crippen LogP contribution in [0.15, 0.2) is 27.5 Å². The molecule has 1 aromatic carbocycles. The topological polar surface area (TPSA) is 116 Å². The summed E-state index contributed by atoms with van der Waals surface area (Å²) in [5.74, 6) is -0.0954. The minimum atomic E-state index is -0.315. The molecule has 1 aliphatic heterocycles. The van der Waals surface area contributed by atoms with Crippen LogP contribution in [0, 0.1) is 13.8 Å². The Morgan fingerprint density at radius 3 is 2.65 bits per heavy atom. The molecule has 0 saturated carbocycles. The van der Waals surface area contributed by atoms with Crippen molar-refractivity contribution in [3.8, 4) is 0 Å². The van der Waals surface area contributed by atoms with E-state index in [0.29, 0.717) is 49.2 Å². The molecule has 3 N–H and O–H groups in total. The molecule has 3 rings (SSSR count). The Labute approximate surface area is 188 Å². The van der Waals surface area contributed by atoms with Crippen LogP contribution in [0.3, 0.4) is 0 Å². The van der Waals surface area contributed by atoms with E-state index in [1.165, 1.54) is 0 Å². The zero-order chi connectivity index (χ0) is 22.4. The summed E-state index contributed by atoms with van der Waals surface area (Å²) in [6.45, 7) is 6.05. The number of H-pyrrole nitrogens is 1. The zero-order valence-corrected chi connectivity index (χ0v) is 19.2. The van der Waals surface area contributed by atoms with Gasteiger partial charge in [-0.25, -0.2) is 4.98 Å². The van der Waals surface area contributed by atoms with Gasteiger partial charge in [0, 0.05) is 40.9 Å². The van der Waals surface area contributed by atoms with Gasteiger partial charge in [0.05, 0.1) is 19.8 Å². The summed E-state index contributed by atoms with van der Waals surface area (Å²) in [4.78, 5) is 46.0. The average molecular weight is 492 g/mol. The first kappa shape index (κ1) is 23.0. The number of hydrogen-bond donors (Lipinski definition) is 3. The van der Waals surface area contributed by atoms with Gasteiger partial charge in [0.25, 0.3) is 5.56 Å². The molecular weight excluding hydrogens is 466 g/mol. The summed E-state index contributed by atoms with van der Waals surface area (Å²) in [5, 5.41) is 5.36. The van der Waals surface area contributed by atoms with Gasteiger partial charge in [-0.15, -0.1) is 0 Å². The highest BCUT2D eigenvalue weighted by Gasteiger charge is 2.17. The molecule has 2 amide bonds. The molecule has 1 aromatic heterocycles. The highest BCUT2D eigenvalue weighted by Crippen LogP contribution is 2.19. The molecule has 0 spiro atoms. The van der Waals surface area contributed by atoms with Crippen molar-refractivity contribution in [3.05, 3.63) is 49.8 Å². The number of rotatable bonds is 7. The monoisotopic (exact) mass is 491 g/mol. The molecule has 2 heterocycles. The number of nitrogens with one attached hydrogen (secondary N) is 3. The zero-order valence-electron chi connectivity index (χ0n) is 17.6. The first-order valence-electron chi connectivity index (χ1n) is 10.1. The summed E-state index contributed by atoms with van der Waals surface area (Å²) in [7, 11) is 0. The van der Waals surface area contributed by atoms with Crippen LogP contribution in [0.4, 0.5) is 11.6 Å². The number of halogens is 1. The molecular formula is C21H26BrN5O4. The molecule has 0 bridgehead atoms. The van der Waals surface area contributed by atoms with Crippen LogP contribution in [0.25, 0.3) is 0 Å². The van der Waals surface area contributed by atoms with E-state index in [1.807, 2.05) is 24.0 Å². The Balaban J connectivity index is 1.50. The Morgan fingerprint density at radius 2 is 1.97 bits per heavy atom. The van der Waals surface area contributed by atoms with Crippen molar-refractivity contribution >= 4 is 39.4 Å². The molecule has 2 aromatic rings. The fourth-order valence-corrected chi connectivity index (χ4v) is 3.76. The van der Waals surface area contributed by atoms with Crippen molar-refractivity contribution in [3.63, 3.8) is 0 Å². The highest BCUT2D eigenvalue weighted by atomic mass is 79.9. The Morgan fingerprint density at radius 1 is 1.23 bits per heavy atom. The smallest absolute Gasteiger partial charge is 0.255 e. The molecule has 0 radical (unpaired) electrons. The van der Waals surface area contributed by atoms with Crippen molar-refractivity contribution in [1.82, 2.24) is 15.3 Å². The number of aryl methyl sites for hydroxylation is 2. The summed E-state index contributed by atoms with van der Waals surface area (Å²) in [5.41, 5.74) is 2.43. The average Bonchev–Trinajstić information content (AvgIpc) is 2.74. The number of nitrogens with zero attached hydrogens (tertiary/aromatic N) is 2. The Bertz CT molecular complexity index is 1020. The molecule has 0 atom stereocenters. The number of carbonyl (C=O) groups is 2. The van der Waals surface area contributed by atoms with E-state index in [9.17, 15) is 14.4 Å². The van der Waals surface area contributed by atoms with Crippen molar-refractivity contribution in [2.75, 3.05) is 43.1 Å².